The molecule has 1 aromatic rings. The minimum atomic E-state index is 0. The molecule has 1 aliphatic carbocycles. The van der Waals surface area contributed by atoms with Crippen LogP contribution in [0.2, 0.25) is 0 Å². The second-order valence-electron chi connectivity index (χ2n) is 6.24. The summed E-state index contributed by atoms with van der Waals surface area (Å²) in [5.41, 5.74) is 0.176. The molecule has 1 saturated carbocycles. The van der Waals surface area contributed by atoms with Crippen LogP contribution in [0, 0.1) is 12.3 Å². The summed E-state index contributed by atoms with van der Waals surface area (Å²) in [6.45, 7) is 12.4. The van der Waals surface area contributed by atoms with Crippen LogP contribution in [0.1, 0.15) is 58.7 Å². The molecule has 0 bridgehead atoms. The second-order valence-corrected chi connectivity index (χ2v) is 6.24. The lowest BCUT2D eigenvalue weighted by atomic mass is 9.58. The number of guanidine groups is 1. The highest BCUT2D eigenvalue weighted by Crippen LogP contribution is 2.48. The molecular weight excluding hydrogens is 433 g/mol. The van der Waals surface area contributed by atoms with Crippen LogP contribution in [-0.4, -0.2) is 41.4 Å². The Balaban J connectivity index is 0.00000312. The first kappa shape index (κ1) is 22.1. The number of hydrogen-bond acceptors (Lipinski definition) is 5. The lowest BCUT2D eigenvalue weighted by molar-refractivity contribution is -0.133. The van der Waals surface area contributed by atoms with Crippen molar-refractivity contribution in [3.05, 3.63) is 11.7 Å². The predicted molar refractivity (Wildman–Crippen MR) is 109 cm³/mol. The van der Waals surface area contributed by atoms with Gasteiger partial charge in [-0.2, -0.15) is 4.98 Å². The fourth-order valence-corrected chi connectivity index (χ4v) is 3.62. The van der Waals surface area contributed by atoms with E-state index in [2.05, 4.69) is 53.5 Å². The predicted octanol–water partition coefficient (Wildman–Crippen LogP) is 3.03. The van der Waals surface area contributed by atoms with Gasteiger partial charge in [0.15, 0.2) is 11.8 Å². The van der Waals surface area contributed by atoms with Crippen LogP contribution in [0.15, 0.2) is 9.52 Å². The number of halogens is 1. The topological polar surface area (TPSA) is 84.6 Å². The van der Waals surface area contributed by atoms with E-state index in [-0.39, 0.29) is 29.4 Å². The van der Waals surface area contributed by atoms with Gasteiger partial charge in [-0.05, 0) is 33.1 Å². The van der Waals surface area contributed by atoms with E-state index >= 15 is 0 Å². The van der Waals surface area contributed by atoms with Gasteiger partial charge >= 0.3 is 0 Å². The normalized spacial score (nSPS) is 22.0. The molecule has 0 amide bonds. The summed E-state index contributed by atoms with van der Waals surface area (Å²) in [5.74, 6) is 1.96. The van der Waals surface area contributed by atoms with Crippen molar-refractivity contribution in [1.82, 2.24) is 20.8 Å². The maximum absolute atomic E-state index is 5.95. The Morgan fingerprint density at radius 3 is 2.56 bits per heavy atom. The van der Waals surface area contributed by atoms with Crippen molar-refractivity contribution in [2.24, 2.45) is 10.4 Å². The van der Waals surface area contributed by atoms with Gasteiger partial charge in [-0.1, -0.05) is 19.0 Å². The summed E-state index contributed by atoms with van der Waals surface area (Å²) in [4.78, 5) is 8.79. The van der Waals surface area contributed by atoms with E-state index in [9.17, 15) is 0 Å². The minimum Gasteiger partial charge on any atom is -0.378 e. The molecule has 7 nitrogen and oxygen atoms in total. The van der Waals surface area contributed by atoms with Gasteiger partial charge in [0.2, 0.25) is 5.89 Å². The van der Waals surface area contributed by atoms with Crippen LogP contribution >= 0.6 is 24.0 Å². The van der Waals surface area contributed by atoms with Gasteiger partial charge in [-0.3, -0.25) is 0 Å². The number of nitrogens with zero attached hydrogens (tertiary/aromatic N) is 3. The van der Waals surface area contributed by atoms with Gasteiger partial charge in [0.1, 0.15) is 6.54 Å². The number of aliphatic imine (C=N–C) groups is 1. The Bertz CT molecular complexity index is 545. The summed E-state index contributed by atoms with van der Waals surface area (Å²) in [5, 5.41) is 10.8. The van der Waals surface area contributed by atoms with Gasteiger partial charge in [-0.25, -0.2) is 4.99 Å². The Morgan fingerprint density at radius 1 is 1.32 bits per heavy atom. The van der Waals surface area contributed by atoms with E-state index in [1.165, 1.54) is 0 Å². The average molecular weight is 465 g/mol. The van der Waals surface area contributed by atoms with Crippen LogP contribution in [0.5, 0.6) is 0 Å². The van der Waals surface area contributed by atoms with Crippen molar-refractivity contribution >= 4 is 29.9 Å². The summed E-state index contributed by atoms with van der Waals surface area (Å²) in [7, 11) is 0. The molecule has 2 atom stereocenters. The molecule has 144 valence electrons. The number of hydrogen-bond donors (Lipinski definition) is 2. The highest BCUT2D eigenvalue weighted by Gasteiger charge is 2.53. The third-order valence-electron chi connectivity index (χ3n) is 5.07. The zero-order valence-corrected chi connectivity index (χ0v) is 18.3. The Hall–Kier alpha value is -0.900. The number of ether oxygens (including phenoxy) is 1. The largest absolute Gasteiger partial charge is 0.378 e. The fourth-order valence-electron chi connectivity index (χ4n) is 3.62. The van der Waals surface area contributed by atoms with Crippen LogP contribution in [0.3, 0.4) is 0 Å². The Labute approximate surface area is 167 Å². The van der Waals surface area contributed by atoms with Crippen molar-refractivity contribution in [1.29, 1.82) is 0 Å². The van der Waals surface area contributed by atoms with E-state index < -0.39 is 0 Å². The van der Waals surface area contributed by atoms with E-state index in [0.29, 0.717) is 30.4 Å². The number of nitrogens with one attached hydrogen (secondary N) is 2. The van der Waals surface area contributed by atoms with Crippen molar-refractivity contribution in [3.63, 3.8) is 0 Å². The minimum absolute atomic E-state index is 0. The lowest BCUT2D eigenvalue weighted by Crippen LogP contribution is -2.65. The zero-order chi connectivity index (χ0) is 17.6. The van der Waals surface area contributed by atoms with Gasteiger partial charge in [-0.15, -0.1) is 24.0 Å². The molecule has 0 radical (unpaired) electrons. The number of aromatic nitrogens is 2. The summed E-state index contributed by atoms with van der Waals surface area (Å²) in [6.07, 6.45) is 3.53. The van der Waals surface area contributed by atoms with E-state index in [0.717, 1.165) is 38.4 Å². The molecule has 1 aliphatic rings. The molecule has 2 unspecified atom stereocenters. The number of aryl methyl sites for hydroxylation is 1. The molecule has 25 heavy (non-hydrogen) atoms. The molecule has 1 heterocycles. The second kappa shape index (κ2) is 10.3. The summed E-state index contributed by atoms with van der Waals surface area (Å²) >= 11 is 0. The average Bonchev–Trinajstić information content (AvgIpc) is 2.98. The lowest BCUT2D eigenvalue weighted by Gasteiger charge is -2.55. The number of rotatable bonds is 8. The first-order chi connectivity index (χ1) is 11.6. The first-order valence-electron chi connectivity index (χ1n) is 9.05. The molecule has 1 fully saturated rings. The molecule has 0 saturated heterocycles. The molecule has 2 rings (SSSR count). The molecule has 1 aromatic heterocycles. The SMILES string of the molecule is CCNC(=NCc1noc(C)n1)NC1CC(OCC)C1(CC)CC.I. The van der Waals surface area contributed by atoms with Crippen molar-refractivity contribution in [3.8, 4) is 0 Å². The molecule has 0 spiro atoms. The highest BCUT2D eigenvalue weighted by atomic mass is 127. The molecule has 0 aliphatic heterocycles. The van der Waals surface area contributed by atoms with Crippen molar-refractivity contribution in [2.75, 3.05) is 13.2 Å². The Kier molecular flexibility index (Phi) is 9.12. The van der Waals surface area contributed by atoms with Gasteiger partial charge < -0.3 is 19.9 Å². The summed E-state index contributed by atoms with van der Waals surface area (Å²) in [6, 6.07) is 0.369. The van der Waals surface area contributed by atoms with Gasteiger partial charge in [0.25, 0.3) is 0 Å². The van der Waals surface area contributed by atoms with Gasteiger partial charge in [0, 0.05) is 31.5 Å². The van der Waals surface area contributed by atoms with Crippen LogP contribution in [0.4, 0.5) is 0 Å². The molecule has 8 heteroatoms. The molecule has 2 N–H and O–H groups in total. The van der Waals surface area contributed by atoms with Gasteiger partial charge in [0.05, 0.1) is 6.10 Å². The van der Waals surface area contributed by atoms with E-state index in [1.807, 2.05) is 0 Å². The third kappa shape index (κ3) is 5.06. The van der Waals surface area contributed by atoms with Crippen LogP contribution in [-0.2, 0) is 11.3 Å². The molecular formula is C17H32IN5O2. The Morgan fingerprint density at radius 2 is 2.04 bits per heavy atom. The van der Waals surface area contributed by atoms with Crippen LogP contribution < -0.4 is 10.6 Å². The zero-order valence-electron chi connectivity index (χ0n) is 16.0. The first-order valence-corrected chi connectivity index (χ1v) is 9.05. The smallest absolute Gasteiger partial charge is 0.223 e. The summed E-state index contributed by atoms with van der Waals surface area (Å²) < 4.78 is 10.9. The maximum atomic E-state index is 5.95. The maximum Gasteiger partial charge on any atom is 0.223 e. The third-order valence-corrected chi connectivity index (χ3v) is 5.07. The van der Waals surface area contributed by atoms with Crippen LogP contribution in [0.25, 0.3) is 0 Å². The highest BCUT2D eigenvalue weighted by molar-refractivity contribution is 14.0. The standard InChI is InChI=1S/C17H31N5O2.HI/c1-6-17(7-2)13(10-14(17)23-9-4)21-16(18-8-3)19-11-15-20-12(5)24-22-15;/h13-14H,6-11H2,1-5H3,(H2,18,19,21);1H. The van der Waals surface area contributed by atoms with Crippen molar-refractivity contribution in [2.45, 2.75) is 72.6 Å². The van der Waals surface area contributed by atoms with Crippen molar-refractivity contribution < 1.29 is 9.26 Å². The molecule has 0 aromatic carbocycles. The fraction of sp³-hybridized carbons (Fsp3) is 0.824. The van der Waals surface area contributed by atoms with E-state index in [1.54, 1.807) is 6.92 Å². The van der Waals surface area contributed by atoms with E-state index in [4.69, 9.17) is 9.26 Å². The monoisotopic (exact) mass is 465 g/mol. The quantitative estimate of drug-likeness (QED) is 0.349.